The quantitative estimate of drug-likeness (QED) is 0.566. The molecular weight excluding hydrogens is 340 g/mol. The van der Waals surface area contributed by atoms with E-state index < -0.39 is 42.4 Å². The molecule has 0 N–H and O–H groups in total. The van der Waals surface area contributed by atoms with E-state index in [1.54, 1.807) is 0 Å². The summed E-state index contributed by atoms with van der Waals surface area (Å²) in [6.45, 7) is 0. The van der Waals surface area contributed by atoms with Crippen molar-refractivity contribution in [3.05, 3.63) is 94.4 Å². The molecule has 2 aromatic carbocycles. The van der Waals surface area contributed by atoms with Crippen LogP contribution in [0.4, 0.5) is 22.7 Å². The largest absolute Gasteiger partial charge is 0.276 e. The number of non-ortho nitro benzene ring substituents is 4. The minimum Gasteiger partial charge on any atom is -0.258 e. The summed E-state index contributed by atoms with van der Waals surface area (Å²) >= 11 is 0. The van der Waals surface area contributed by atoms with Crippen molar-refractivity contribution in [2.45, 2.75) is 0 Å². The molecule has 12 heteroatoms. The normalized spacial score (nSPS) is 10.2. The molecular formula is C13H7N4O8. The summed E-state index contributed by atoms with van der Waals surface area (Å²) in [7, 11) is 0. The van der Waals surface area contributed by atoms with E-state index in [-0.39, 0.29) is 11.1 Å². The molecule has 1 radical (unpaired) electrons. The highest BCUT2D eigenvalue weighted by Gasteiger charge is 2.20. The lowest BCUT2D eigenvalue weighted by molar-refractivity contribution is -0.394. The lowest BCUT2D eigenvalue weighted by Gasteiger charge is -2.03. The van der Waals surface area contributed by atoms with Gasteiger partial charge in [0.1, 0.15) is 0 Å². The van der Waals surface area contributed by atoms with Crippen molar-refractivity contribution in [3.63, 3.8) is 0 Å². The predicted molar refractivity (Wildman–Crippen MR) is 82.0 cm³/mol. The van der Waals surface area contributed by atoms with Crippen LogP contribution >= 0.6 is 0 Å². The first-order valence-corrected chi connectivity index (χ1v) is 6.40. The van der Waals surface area contributed by atoms with Gasteiger partial charge in [-0.3, -0.25) is 40.5 Å². The first-order valence-electron chi connectivity index (χ1n) is 6.40. The summed E-state index contributed by atoms with van der Waals surface area (Å²) < 4.78 is 0. The van der Waals surface area contributed by atoms with Gasteiger partial charge in [-0.1, -0.05) is 0 Å². The maximum Gasteiger partial charge on any atom is 0.276 e. The third kappa shape index (κ3) is 4.07. The van der Waals surface area contributed by atoms with Crippen LogP contribution in [0.3, 0.4) is 0 Å². The summed E-state index contributed by atoms with van der Waals surface area (Å²) in [4.78, 5) is 40.1. The van der Waals surface area contributed by atoms with Gasteiger partial charge in [-0.15, -0.1) is 0 Å². The van der Waals surface area contributed by atoms with E-state index in [1.807, 2.05) is 0 Å². The van der Waals surface area contributed by atoms with Gasteiger partial charge in [0.05, 0.1) is 31.8 Å². The Bertz CT molecular complexity index is 773. The van der Waals surface area contributed by atoms with E-state index in [1.165, 1.54) is 0 Å². The van der Waals surface area contributed by atoms with E-state index in [2.05, 4.69) is 0 Å². The van der Waals surface area contributed by atoms with Crippen LogP contribution < -0.4 is 0 Å². The van der Waals surface area contributed by atoms with Crippen LogP contribution in [0.15, 0.2) is 36.4 Å². The van der Waals surface area contributed by atoms with Gasteiger partial charge in [0.25, 0.3) is 22.7 Å². The first-order chi connectivity index (χ1) is 11.7. The van der Waals surface area contributed by atoms with Crippen molar-refractivity contribution < 1.29 is 19.7 Å². The Morgan fingerprint density at radius 3 is 0.960 bits per heavy atom. The van der Waals surface area contributed by atoms with Crippen LogP contribution in [-0.4, -0.2) is 19.7 Å². The molecule has 0 saturated carbocycles. The van der Waals surface area contributed by atoms with Crippen molar-refractivity contribution >= 4 is 22.7 Å². The maximum atomic E-state index is 10.9. The van der Waals surface area contributed by atoms with Crippen LogP contribution in [-0.2, 0) is 0 Å². The van der Waals surface area contributed by atoms with Crippen LogP contribution in [0.1, 0.15) is 11.1 Å². The Labute approximate surface area is 137 Å². The monoisotopic (exact) mass is 347 g/mol. The molecule has 0 aliphatic heterocycles. The van der Waals surface area contributed by atoms with Crippen molar-refractivity contribution in [1.82, 2.24) is 0 Å². The van der Waals surface area contributed by atoms with E-state index in [4.69, 9.17) is 0 Å². The average Bonchev–Trinajstić information content (AvgIpc) is 2.53. The van der Waals surface area contributed by atoms with E-state index in [9.17, 15) is 40.5 Å². The molecule has 0 unspecified atom stereocenters. The van der Waals surface area contributed by atoms with Gasteiger partial charge < -0.3 is 0 Å². The van der Waals surface area contributed by atoms with Crippen LogP contribution in [0.25, 0.3) is 0 Å². The molecule has 0 heterocycles. The molecule has 0 fully saturated rings. The first kappa shape index (κ1) is 17.4. The van der Waals surface area contributed by atoms with Gasteiger partial charge >= 0.3 is 0 Å². The molecule has 0 atom stereocenters. The number of hydrogen-bond donors (Lipinski definition) is 0. The Hall–Kier alpha value is -3.96. The third-order valence-corrected chi connectivity index (χ3v) is 3.03. The van der Waals surface area contributed by atoms with Crippen LogP contribution in [0.2, 0.25) is 0 Å². The molecule has 12 nitrogen and oxygen atoms in total. The number of nitro groups is 4. The summed E-state index contributed by atoms with van der Waals surface area (Å²) in [6, 6.07) is 5.56. The smallest absolute Gasteiger partial charge is 0.258 e. The number of hydrogen-bond acceptors (Lipinski definition) is 8. The van der Waals surface area contributed by atoms with Gasteiger partial charge in [-0.05, 0) is 11.1 Å². The average molecular weight is 347 g/mol. The molecule has 0 spiro atoms. The minimum absolute atomic E-state index is 0.00399. The maximum absolute atomic E-state index is 10.9. The van der Waals surface area contributed by atoms with Gasteiger partial charge in [-0.2, -0.15) is 0 Å². The molecule has 0 aliphatic carbocycles. The van der Waals surface area contributed by atoms with Gasteiger partial charge in [-0.25, -0.2) is 0 Å². The fourth-order valence-electron chi connectivity index (χ4n) is 2.02. The summed E-state index contributed by atoms with van der Waals surface area (Å²) in [5.74, 6) is 0. The van der Waals surface area contributed by atoms with Crippen molar-refractivity contribution in [3.8, 4) is 0 Å². The topological polar surface area (TPSA) is 173 Å². The molecule has 25 heavy (non-hydrogen) atoms. The van der Waals surface area contributed by atoms with E-state index in [0.717, 1.165) is 42.8 Å². The number of nitrogens with zero attached hydrogens (tertiary/aromatic N) is 4. The van der Waals surface area contributed by atoms with Gasteiger partial charge in [0, 0.05) is 30.7 Å². The molecule has 0 aromatic heterocycles. The van der Waals surface area contributed by atoms with Crippen LogP contribution in [0.5, 0.6) is 0 Å². The lowest BCUT2D eigenvalue weighted by Crippen LogP contribution is -1.98. The second-order valence-corrected chi connectivity index (χ2v) is 4.74. The second kappa shape index (κ2) is 6.66. The summed E-state index contributed by atoms with van der Waals surface area (Å²) in [5, 5.41) is 43.4. The van der Waals surface area contributed by atoms with E-state index >= 15 is 0 Å². The standard InChI is InChI=1S/C13H7N4O8/c18-14(19)10-2-8(3-11(6-10)15(20)21)1-9-4-12(16(22)23)7-13(5-9)17(24)25/h1-7H. The molecule has 2 rings (SSSR count). The second-order valence-electron chi connectivity index (χ2n) is 4.74. The van der Waals surface area contributed by atoms with Crippen molar-refractivity contribution in [2.75, 3.05) is 0 Å². The Balaban J connectivity index is 2.51. The highest BCUT2D eigenvalue weighted by Crippen LogP contribution is 2.28. The molecule has 2 aromatic rings. The number of rotatable bonds is 6. The lowest BCUT2D eigenvalue weighted by atomic mass is 10.0. The van der Waals surface area contributed by atoms with Gasteiger partial charge in [0.2, 0.25) is 0 Å². The predicted octanol–water partition coefficient (Wildman–Crippen LogP) is 2.92. The summed E-state index contributed by atoms with van der Waals surface area (Å²) in [6.07, 6.45) is 1.14. The highest BCUT2D eigenvalue weighted by atomic mass is 16.6. The van der Waals surface area contributed by atoms with Crippen molar-refractivity contribution in [2.24, 2.45) is 0 Å². The molecule has 127 valence electrons. The SMILES string of the molecule is O=[N+]([O-])c1cc([CH]c2cc([N+](=O)[O-])cc([N+](=O)[O-])c2)cc([N+](=O)[O-])c1. The third-order valence-electron chi connectivity index (χ3n) is 3.03. The number of nitro benzene ring substituents is 4. The molecule has 0 bridgehead atoms. The molecule has 0 amide bonds. The number of benzene rings is 2. The zero-order valence-corrected chi connectivity index (χ0v) is 12.1. The van der Waals surface area contributed by atoms with Crippen molar-refractivity contribution in [1.29, 1.82) is 0 Å². The Morgan fingerprint density at radius 1 is 0.520 bits per heavy atom. The summed E-state index contributed by atoms with van der Waals surface area (Å²) in [5.41, 5.74) is -2.23. The highest BCUT2D eigenvalue weighted by molar-refractivity contribution is 5.55. The fourth-order valence-corrected chi connectivity index (χ4v) is 2.02. The van der Waals surface area contributed by atoms with E-state index in [0.29, 0.717) is 0 Å². The Kier molecular flexibility index (Phi) is 4.63. The fraction of sp³-hybridized carbons (Fsp3) is 0. The molecule has 0 saturated heterocycles. The minimum atomic E-state index is -0.833. The zero-order valence-electron chi connectivity index (χ0n) is 12.1. The molecule has 0 aliphatic rings. The zero-order chi connectivity index (χ0) is 18.7. The van der Waals surface area contributed by atoms with Gasteiger partial charge in [0.15, 0.2) is 0 Å². The van der Waals surface area contributed by atoms with Crippen LogP contribution in [0, 0.1) is 46.9 Å². The Morgan fingerprint density at radius 2 is 0.760 bits per heavy atom.